The van der Waals surface area contributed by atoms with Crippen LogP contribution < -0.4 is 10.2 Å². The number of aromatic hydroxyl groups is 1. The van der Waals surface area contributed by atoms with Gasteiger partial charge >= 0.3 is 0 Å². The molecule has 0 saturated heterocycles. The zero-order valence-corrected chi connectivity index (χ0v) is 14.7. The van der Waals surface area contributed by atoms with E-state index in [1.807, 2.05) is 13.0 Å². The molecule has 1 aromatic heterocycles. The number of ether oxygens (including phenoxy) is 1. The van der Waals surface area contributed by atoms with E-state index < -0.39 is 11.2 Å². The summed E-state index contributed by atoms with van der Waals surface area (Å²) in [6.07, 6.45) is 0. The summed E-state index contributed by atoms with van der Waals surface area (Å²) in [7, 11) is 1.51. The van der Waals surface area contributed by atoms with Crippen LogP contribution in [-0.2, 0) is 0 Å². The van der Waals surface area contributed by atoms with Crippen LogP contribution in [0.3, 0.4) is 0 Å². The molecule has 3 rings (SSSR count). The highest BCUT2D eigenvalue weighted by Gasteiger charge is 2.18. The van der Waals surface area contributed by atoms with Gasteiger partial charge in [-0.1, -0.05) is 11.6 Å². The zero-order valence-electron chi connectivity index (χ0n) is 12.3. The fourth-order valence-electron chi connectivity index (χ4n) is 2.39. The van der Waals surface area contributed by atoms with Crippen molar-refractivity contribution in [2.75, 3.05) is 7.11 Å². The average molecular weight is 396 g/mol. The molecule has 0 atom stereocenters. The maximum atomic E-state index is 12.4. The van der Waals surface area contributed by atoms with Crippen molar-refractivity contribution in [1.29, 1.82) is 0 Å². The maximum Gasteiger partial charge on any atom is 0.235 e. The number of hydrogen-bond donors (Lipinski definition) is 1. The highest BCUT2D eigenvalue weighted by atomic mass is 79.9. The standard InChI is InChI=1S/C17H12BrClO4/c1-8-5-10-14(20)15(21)16(23-17(10)11(18)6-8)9-3-4-13(22-2)12(19)7-9/h3-7,21H,1-2H3. The van der Waals surface area contributed by atoms with Gasteiger partial charge in [0.05, 0.1) is 22.0 Å². The van der Waals surface area contributed by atoms with Crippen molar-refractivity contribution in [2.24, 2.45) is 0 Å². The molecular formula is C17H12BrClO4. The SMILES string of the molecule is COc1ccc(-c2oc3c(Br)cc(C)cc3c(=O)c2O)cc1Cl. The first kappa shape index (κ1) is 15.9. The molecule has 0 bridgehead atoms. The number of aryl methyl sites for hydroxylation is 1. The van der Waals surface area contributed by atoms with Gasteiger partial charge < -0.3 is 14.3 Å². The number of benzene rings is 2. The van der Waals surface area contributed by atoms with E-state index in [9.17, 15) is 9.90 Å². The number of fused-ring (bicyclic) bond motifs is 1. The largest absolute Gasteiger partial charge is 0.502 e. The minimum atomic E-state index is -0.488. The van der Waals surface area contributed by atoms with Crippen molar-refractivity contribution in [3.8, 4) is 22.8 Å². The Balaban J connectivity index is 2.32. The number of hydrogen-bond acceptors (Lipinski definition) is 4. The molecule has 0 fully saturated rings. The lowest BCUT2D eigenvalue weighted by Gasteiger charge is -2.09. The van der Waals surface area contributed by atoms with E-state index in [-0.39, 0.29) is 5.76 Å². The summed E-state index contributed by atoms with van der Waals surface area (Å²) in [5.41, 5.74) is 1.26. The molecule has 0 aliphatic rings. The molecule has 0 aliphatic heterocycles. The Morgan fingerprint density at radius 1 is 1.26 bits per heavy atom. The third-order valence-electron chi connectivity index (χ3n) is 3.48. The molecule has 4 nitrogen and oxygen atoms in total. The van der Waals surface area contributed by atoms with Gasteiger partial charge in [-0.25, -0.2) is 0 Å². The summed E-state index contributed by atoms with van der Waals surface area (Å²) >= 11 is 9.50. The highest BCUT2D eigenvalue weighted by molar-refractivity contribution is 9.10. The predicted molar refractivity (Wildman–Crippen MR) is 93.6 cm³/mol. The van der Waals surface area contributed by atoms with Gasteiger partial charge in [-0.2, -0.15) is 0 Å². The fraction of sp³-hybridized carbons (Fsp3) is 0.118. The molecule has 3 aromatic rings. The van der Waals surface area contributed by atoms with E-state index in [1.54, 1.807) is 24.3 Å². The lowest BCUT2D eigenvalue weighted by molar-refractivity contribution is 0.415. The second-order valence-corrected chi connectivity index (χ2v) is 6.34. The van der Waals surface area contributed by atoms with Gasteiger partial charge in [0.2, 0.25) is 11.2 Å². The Morgan fingerprint density at radius 3 is 2.65 bits per heavy atom. The molecule has 0 amide bonds. The summed E-state index contributed by atoms with van der Waals surface area (Å²) in [6, 6.07) is 8.40. The van der Waals surface area contributed by atoms with Gasteiger partial charge in [0.15, 0.2) is 11.3 Å². The Bertz CT molecular complexity index is 978. The van der Waals surface area contributed by atoms with Gasteiger partial charge in [-0.05, 0) is 58.7 Å². The maximum absolute atomic E-state index is 12.4. The van der Waals surface area contributed by atoms with Crippen LogP contribution in [0.1, 0.15) is 5.56 Å². The van der Waals surface area contributed by atoms with E-state index in [2.05, 4.69) is 15.9 Å². The normalized spacial score (nSPS) is 11.0. The van der Waals surface area contributed by atoms with Crippen molar-refractivity contribution in [1.82, 2.24) is 0 Å². The van der Waals surface area contributed by atoms with E-state index in [4.69, 9.17) is 20.8 Å². The summed E-state index contributed by atoms with van der Waals surface area (Å²) in [6.45, 7) is 1.86. The van der Waals surface area contributed by atoms with Gasteiger partial charge in [0.1, 0.15) is 5.75 Å². The summed E-state index contributed by atoms with van der Waals surface area (Å²) < 4.78 is 11.5. The van der Waals surface area contributed by atoms with Crippen LogP contribution in [0.5, 0.6) is 11.5 Å². The Labute approximate surface area is 145 Å². The fourth-order valence-corrected chi connectivity index (χ4v) is 3.30. The number of methoxy groups -OCH3 is 1. The minimum absolute atomic E-state index is 0.0663. The minimum Gasteiger partial charge on any atom is -0.502 e. The van der Waals surface area contributed by atoms with E-state index >= 15 is 0 Å². The monoisotopic (exact) mass is 394 g/mol. The second kappa shape index (κ2) is 5.91. The van der Waals surface area contributed by atoms with E-state index in [1.165, 1.54) is 7.11 Å². The van der Waals surface area contributed by atoms with Crippen LogP contribution >= 0.6 is 27.5 Å². The van der Waals surface area contributed by atoms with Crippen molar-refractivity contribution < 1.29 is 14.3 Å². The van der Waals surface area contributed by atoms with Crippen LogP contribution in [0.25, 0.3) is 22.3 Å². The Kier molecular flexibility index (Phi) is 4.08. The highest BCUT2D eigenvalue weighted by Crippen LogP contribution is 2.36. The quantitative estimate of drug-likeness (QED) is 0.670. The molecule has 1 N–H and O–H groups in total. The topological polar surface area (TPSA) is 59.7 Å². The molecule has 1 heterocycles. The number of rotatable bonds is 2. The summed E-state index contributed by atoms with van der Waals surface area (Å²) in [5.74, 6) is 0.114. The van der Waals surface area contributed by atoms with Gasteiger partial charge in [-0.15, -0.1) is 0 Å². The smallest absolute Gasteiger partial charge is 0.235 e. The molecule has 118 valence electrons. The van der Waals surface area contributed by atoms with Crippen LogP contribution in [0, 0.1) is 6.92 Å². The average Bonchev–Trinajstić information content (AvgIpc) is 2.51. The lowest BCUT2D eigenvalue weighted by atomic mass is 10.1. The lowest BCUT2D eigenvalue weighted by Crippen LogP contribution is -2.03. The molecule has 0 spiro atoms. The van der Waals surface area contributed by atoms with Crippen molar-refractivity contribution in [3.05, 3.63) is 55.6 Å². The van der Waals surface area contributed by atoms with Gasteiger partial charge in [0, 0.05) is 5.56 Å². The molecule has 0 radical (unpaired) electrons. The van der Waals surface area contributed by atoms with E-state index in [0.717, 1.165) is 5.56 Å². The molecule has 0 aliphatic carbocycles. The van der Waals surface area contributed by atoms with Crippen molar-refractivity contribution in [3.63, 3.8) is 0 Å². The first-order valence-corrected chi connectivity index (χ1v) is 7.89. The van der Waals surface area contributed by atoms with Gasteiger partial charge in [-0.3, -0.25) is 4.79 Å². The zero-order chi connectivity index (χ0) is 16.7. The number of halogens is 2. The molecule has 2 aromatic carbocycles. The molecule has 0 unspecified atom stereocenters. The van der Waals surface area contributed by atoms with Gasteiger partial charge in [0.25, 0.3) is 0 Å². The van der Waals surface area contributed by atoms with Crippen LogP contribution in [0.2, 0.25) is 5.02 Å². The molecule has 6 heteroatoms. The molecule has 0 saturated carbocycles. The van der Waals surface area contributed by atoms with E-state index in [0.29, 0.717) is 31.8 Å². The van der Waals surface area contributed by atoms with Crippen LogP contribution in [-0.4, -0.2) is 12.2 Å². The third-order valence-corrected chi connectivity index (χ3v) is 4.37. The third kappa shape index (κ3) is 2.71. The second-order valence-electron chi connectivity index (χ2n) is 5.08. The summed E-state index contributed by atoms with van der Waals surface area (Å²) in [5, 5.41) is 10.9. The van der Waals surface area contributed by atoms with Crippen molar-refractivity contribution >= 4 is 38.5 Å². The Morgan fingerprint density at radius 2 is 2.00 bits per heavy atom. The van der Waals surface area contributed by atoms with Crippen molar-refractivity contribution in [2.45, 2.75) is 6.92 Å². The Hall–Kier alpha value is -1.98. The van der Waals surface area contributed by atoms with Crippen LogP contribution in [0.15, 0.2) is 44.0 Å². The molecular weight excluding hydrogens is 384 g/mol. The predicted octanol–water partition coefficient (Wildman–Crippen LogP) is 4.90. The first-order chi connectivity index (χ1) is 10.9. The summed E-state index contributed by atoms with van der Waals surface area (Å²) in [4.78, 5) is 12.4. The van der Waals surface area contributed by atoms with Crippen LogP contribution in [0.4, 0.5) is 0 Å². The molecule has 23 heavy (non-hydrogen) atoms. The first-order valence-electron chi connectivity index (χ1n) is 6.72.